The molecular weight excluding hydrogens is 238 g/mol. The minimum Gasteiger partial charge on any atom is -0.462 e. The predicted molar refractivity (Wildman–Crippen MR) is 76.3 cm³/mol. The number of rotatable bonds is 5. The van der Waals surface area contributed by atoms with Gasteiger partial charge in [-0.1, -0.05) is 37.6 Å². The lowest BCUT2D eigenvalue weighted by Gasteiger charge is -2.11. The average molecular weight is 257 g/mol. The third-order valence-corrected chi connectivity index (χ3v) is 3.12. The Kier molecular flexibility index (Phi) is 4.50. The smallest absolute Gasteiger partial charge is 0.340 e. The molecule has 1 aromatic carbocycles. The summed E-state index contributed by atoms with van der Waals surface area (Å²) in [5, 5.41) is 1.91. The van der Waals surface area contributed by atoms with Crippen molar-refractivity contribution in [3.63, 3.8) is 0 Å². The molecule has 0 saturated carbocycles. The maximum Gasteiger partial charge on any atom is 0.340 e. The van der Waals surface area contributed by atoms with Crippen LogP contribution in [0.4, 0.5) is 0 Å². The molecule has 0 amide bonds. The van der Waals surface area contributed by atoms with Crippen LogP contribution in [0.25, 0.3) is 10.8 Å². The first kappa shape index (κ1) is 13.5. The first-order valence-electron chi connectivity index (χ1n) is 6.81. The number of fused-ring (bicyclic) bond motifs is 1. The van der Waals surface area contributed by atoms with Gasteiger partial charge in [0, 0.05) is 11.6 Å². The molecule has 3 heteroatoms. The van der Waals surface area contributed by atoms with Gasteiger partial charge in [0.25, 0.3) is 0 Å². The van der Waals surface area contributed by atoms with Crippen LogP contribution in [0.15, 0.2) is 30.5 Å². The average Bonchev–Trinajstić information content (AvgIpc) is 2.44. The van der Waals surface area contributed by atoms with E-state index in [1.54, 1.807) is 0 Å². The molecular formula is C16H19NO2. The fourth-order valence-electron chi connectivity index (χ4n) is 2.17. The maximum atomic E-state index is 12.2. The second-order valence-electron chi connectivity index (χ2n) is 4.49. The summed E-state index contributed by atoms with van der Waals surface area (Å²) >= 11 is 0. The SMILES string of the molecule is CCCCc1ncc2ccccc2c1C(=O)OCC. The van der Waals surface area contributed by atoms with E-state index in [4.69, 9.17) is 4.74 Å². The predicted octanol–water partition coefficient (Wildman–Crippen LogP) is 3.75. The van der Waals surface area contributed by atoms with Gasteiger partial charge >= 0.3 is 5.97 Å². The number of esters is 1. The summed E-state index contributed by atoms with van der Waals surface area (Å²) in [4.78, 5) is 16.6. The van der Waals surface area contributed by atoms with Crippen molar-refractivity contribution in [2.24, 2.45) is 0 Å². The quantitative estimate of drug-likeness (QED) is 0.766. The van der Waals surface area contributed by atoms with Crippen LogP contribution in [0, 0.1) is 0 Å². The van der Waals surface area contributed by atoms with E-state index in [9.17, 15) is 4.79 Å². The molecule has 2 aromatic rings. The molecule has 2 rings (SSSR count). The minimum absolute atomic E-state index is 0.266. The number of benzene rings is 1. The van der Waals surface area contributed by atoms with Gasteiger partial charge in [0.2, 0.25) is 0 Å². The molecule has 0 bridgehead atoms. The molecule has 0 N–H and O–H groups in total. The van der Waals surface area contributed by atoms with E-state index < -0.39 is 0 Å². The van der Waals surface area contributed by atoms with Crippen LogP contribution in [0.5, 0.6) is 0 Å². The van der Waals surface area contributed by atoms with Crippen LogP contribution in [-0.4, -0.2) is 17.6 Å². The van der Waals surface area contributed by atoms with Gasteiger partial charge in [0.15, 0.2) is 0 Å². The van der Waals surface area contributed by atoms with E-state index in [1.807, 2.05) is 37.4 Å². The van der Waals surface area contributed by atoms with Crippen LogP contribution < -0.4 is 0 Å². The first-order chi connectivity index (χ1) is 9.27. The van der Waals surface area contributed by atoms with Gasteiger partial charge in [-0.25, -0.2) is 4.79 Å². The van der Waals surface area contributed by atoms with Gasteiger partial charge in [-0.05, 0) is 25.2 Å². The number of carbonyl (C=O) groups is 1. The maximum absolute atomic E-state index is 12.2. The molecule has 19 heavy (non-hydrogen) atoms. The van der Waals surface area contributed by atoms with Gasteiger partial charge in [-0.15, -0.1) is 0 Å². The molecule has 0 aliphatic rings. The normalized spacial score (nSPS) is 10.6. The van der Waals surface area contributed by atoms with Gasteiger partial charge in [-0.3, -0.25) is 4.98 Å². The first-order valence-corrected chi connectivity index (χ1v) is 6.81. The number of nitrogens with zero attached hydrogens (tertiary/aromatic N) is 1. The van der Waals surface area contributed by atoms with Gasteiger partial charge in [0.05, 0.1) is 17.9 Å². The highest BCUT2D eigenvalue weighted by molar-refractivity contribution is 6.05. The van der Waals surface area contributed by atoms with Crippen molar-refractivity contribution in [1.29, 1.82) is 0 Å². The fraction of sp³-hybridized carbons (Fsp3) is 0.375. The largest absolute Gasteiger partial charge is 0.462 e. The molecule has 100 valence electrons. The number of ether oxygens (including phenoxy) is 1. The Morgan fingerprint density at radius 3 is 2.79 bits per heavy atom. The van der Waals surface area contributed by atoms with Crippen LogP contribution in [0.2, 0.25) is 0 Å². The lowest BCUT2D eigenvalue weighted by atomic mass is 10.0. The fourth-order valence-corrected chi connectivity index (χ4v) is 2.17. The molecule has 3 nitrogen and oxygen atoms in total. The molecule has 0 unspecified atom stereocenters. The Morgan fingerprint density at radius 1 is 1.26 bits per heavy atom. The highest BCUT2D eigenvalue weighted by Crippen LogP contribution is 2.22. The van der Waals surface area contributed by atoms with Crippen LogP contribution in [-0.2, 0) is 11.2 Å². The lowest BCUT2D eigenvalue weighted by molar-refractivity contribution is 0.0527. The van der Waals surface area contributed by atoms with Crippen LogP contribution in [0.3, 0.4) is 0 Å². The van der Waals surface area contributed by atoms with Crippen molar-refractivity contribution in [2.75, 3.05) is 6.61 Å². The summed E-state index contributed by atoms with van der Waals surface area (Å²) in [5.41, 5.74) is 1.48. The van der Waals surface area contributed by atoms with E-state index >= 15 is 0 Å². The second-order valence-corrected chi connectivity index (χ2v) is 4.49. The zero-order chi connectivity index (χ0) is 13.7. The van der Waals surface area contributed by atoms with Crippen molar-refractivity contribution >= 4 is 16.7 Å². The van der Waals surface area contributed by atoms with Crippen molar-refractivity contribution in [1.82, 2.24) is 4.98 Å². The molecule has 0 aliphatic heterocycles. The van der Waals surface area contributed by atoms with Crippen LogP contribution in [0.1, 0.15) is 42.7 Å². The molecule has 0 atom stereocenters. The number of hydrogen-bond donors (Lipinski definition) is 0. The summed E-state index contributed by atoms with van der Waals surface area (Å²) in [5.74, 6) is -0.266. The number of pyridine rings is 1. The Bertz CT molecular complexity index is 578. The number of aromatic nitrogens is 1. The Balaban J connectivity index is 2.54. The molecule has 1 aromatic heterocycles. The molecule has 0 aliphatic carbocycles. The number of aryl methyl sites for hydroxylation is 1. The number of unbranched alkanes of at least 4 members (excludes halogenated alkanes) is 1. The molecule has 1 heterocycles. The van der Waals surface area contributed by atoms with E-state index in [0.29, 0.717) is 12.2 Å². The highest BCUT2D eigenvalue weighted by atomic mass is 16.5. The van der Waals surface area contributed by atoms with Gasteiger partial charge in [0.1, 0.15) is 0 Å². The number of hydrogen-bond acceptors (Lipinski definition) is 3. The zero-order valence-corrected chi connectivity index (χ0v) is 11.5. The third kappa shape index (κ3) is 2.92. The van der Waals surface area contributed by atoms with E-state index in [0.717, 1.165) is 35.7 Å². The lowest BCUT2D eigenvalue weighted by Crippen LogP contribution is -2.10. The highest BCUT2D eigenvalue weighted by Gasteiger charge is 2.17. The van der Waals surface area contributed by atoms with Crippen LogP contribution >= 0.6 is 0 Å². The van der Waals surface area contributed by atoms with Crippen molar-refractivity contribution in [2.45, 2.75) is 33.1 Å². The summed E-state index contributed by atoms with van der Waals surface area (Å²) in [7, 11) is 0. The van der Waals surface area contributed by atoms with E-state index in [-0.39, 0.29) is 5.97 Å². The third-order valence-electron chi connectivity index (χ3n) is 3.12. The Hall–Kier alpha value is -1.90. The summed E-state index contributed by atoms with van der Waals surface area (Å²) < 4.78 is 5.18. The number of carbonyl (C=O) groups excluding carboxylic acids is 1. The summed E-state index contributed by atoms with van der Waals surface area (Å²) in [6.45, 7) is 4.34. The Morgan fingerprint density at radius 2 is 2.05 bits per heavy atom. The van der Waals surface area contributed by atoms with Crippen molar-refractivity contribution < 1.29 is 9.53 Å². The van der Waals surface area contributed by atoms with Gasteiger partial charge < -0.3 is 4.74 Å². The Labute approximate surface area is 113 Å². The molecule has 0 radical (unpaired) electrons. The molecule has 0 spiro atoms. The summed E-state index contributed by atoms with van der Waals surface area (Å²) in [6, 6.07) is 7.81. The van der Waals surface area contributed by atoms with E-state index in [2.05, 4.69) is 11.9 Å². The standard InChI is InChI=1S/C16H19NO2/c1-3-5-10-14-15(16(18)19-4-2)13-9-7-6-8-12(13)11-17-14/h6-9,11H,3-5,10H2,1-2H3. The minimum atomic E-state index is -0.266. The zero-order valence-electron chi connectivity index (χ0n) is 11.5. The second kappa shape index (κ2) is 6.32. The van der Waals surface area contributed by atoms with Crippen molar-refractivity contribution in [3.05, 3.63) is 41.7 Å². The monoisotopic (exact) mass is 257 g/mol. The molecule has 0 saturated heterocycles. The summed E-state index contributed by atoms with van der Waals surface area (Å²) in [6.07, 6.45) is 4.76. The van der Waals surface area contributed by atoms with Gasteiger partial charge in [-0.2, -0.15) is 0 Å². The topological polar surface area (TPSA) is 39.2 Å². The van der Waals surface area contributed by atoms with E-state index in [1.165, 1.54) is 0 Å². The molecule has 0 fully saturated rings. The van der Waals surface area contributed by atoms with Crippen molar-refractivity contribution in [3.8, 4) is 0 Å².